The van der Waals surface area contributed by atoms with E-state index in [1.807, 2.05) is 20.8 Å². The van der Waals surface area contributed by atoms with E-state index in [2.05, 4.69) is 5.32 Å². The van der Waals surface area contributed by atoms with Crippen LogP contribution in [0.1, 0.15) is 38.1 Å². The van der Waals surface area contributed by atoms with Crippen LogP contribution in [0.15, 0.2) is 18.2 Å². The normalized spacial score (nSPS) is 14.3. The lowest BCUT2D eigenvalue weighted by molar-refractivity contribution is 0.101. The summed E-state index contributed by atoms with van der Waals surface area (Å²) in [5.74, 6) is 0.597. The molecule has 1 heterocycles. The molecular weight excluding hydrogens is 256 g/mol. The Morgan fingerprint density at radius 1 is 1.30 bits per heavy atom. The molecule has 0 spiro atoms. The van der Waals surface area contributed by atoms with E-state index in [0.717, 1.165) is 0 Å². The fourth-order valence-electron chi connectivity index (χ4n) is 2.04. The van der Waals surface area contributed by atoms with E-state index < -0.39 is 0 Å². The van der Waals surface area contributed by atoms with Crippen LogP contribution < -0.4 is 15.0 Å². The molecule has 20 heavy (non-hydrogen) atoms. The Bertz CT molecular complexity index is 547. The Balaban J connectivity index is 2.33. The molecular formula is C15H20N2O3. The fraction of sp³-hybridized carbons (Fsp3) is 0.467. The van der Waals surface area contributed by atoms with Crippen LogP contribution in [0, 0.1) is 0 Å². The first-order valence-corrected chi connectivity index (χ1v) is 6.65. The summed E-state index contributed by atoms with van der Waals surface area (Å²) in [7, 11) is 0. The highest BCUT2D eigenvalue weighted by Crippen LogP contribution is 2.32. The molecule has 0 atom stereocenters. The Morgan fingerprint density at radius 3 is 2.60 bits per heavy atom. The first-order valence-electron chi connectivity index (χ1n) is 6.65. The standard InChI is InChI=1S/C15H20N2O3/c1-10(18)11-5-6-13-12(9-11)17(7-8-20-13)14(19)16-15(2,3)4/h5-6,9H,7-8H2,1-4H3,(H,16,19). The number of hydrogen-bond acceptors (Lipinski definition) is 3. The predicted octanol–water partition coefficient (Wildman–Crippen LogP) is 2.60. The third kappa shape index (κ3) is 3.10. The molecule has 108 valence electrons. The van der Waals surface area contributed by atoms with E-state index in [1.54, 1.807) is 23.1 Å². The highest BCUT2D eigenvalue weighted by Gasteiger charge is 2.26. The molecule has 2 amide bonds. The van der Waals surface area contributed by atoms with Crippen molar-refractivity contribution < 1.29 is 14.3 Å². The van der Waals surface area contributed by atoms with Crippen molar-refractivity contribution in [1.29, 1.82) is 0 Å². The summed E-state index contributed by atoms with van der Waals surface area (Å²) >= 11 is 0. The van der Waals surface area contributed by atoms with E-state index in [0.29, 0.717) is 30.2 Å². The summed E-state index contributed by atoms with van der Waals surface area (Å²) in [5, 5.41) is 2.92. The zero-order valence-corrected chi connectivity index (χ0v) is 12.3. The molecule has 1 aromatic carbocycles. The molecule has 0 fully saturated rings. The number of urea groups is 1. The maximum absolute atomic E-state index is 12.3. The number of fused-ring (bicyclic) bond motifs is 1. The number of Topliss-reactive ketones (excluding diaryl/α,β-unsaturated/α-hetero) is 1. The van der Waals surface area contributed by atoms with Crippen LogP contribution in [0.2, 0.25) is 0 Å². The topological polar surface area (TPSA) is 58.6 Å². The van der Waals surface area contributed by atoms with Crippen LogP contribution in [0.4, 0.5) is 10.5 Å². The third-order valence-electron chi connectivity index (χ3n) is 2.96. The number of rotatable bonds is 1. The first-order chi connectivity index (χ1) is 9.28. The number of hydrogen-bond donors (Lipinski definition) is 1. The molecule has 5 heteroatoms. The van der Waals surface area contributed by atoms with E-state index in [1.165, 1.54) is 6.92 Å². The van der Waals surface area contributed by atoms with Gasteiger partial charge in [0.25, 0.3) is 0 Å². The van der Waals surface area contributed by atoms with Crippen molar-refractivity contribution in [1.82, 2.24) is 5.32 Å². The minimum Gasteiger partial charge on any atom is -0.490 e. The Morgan fingerprint density at radius 2 is 2.00 bits per heavy atom. The fourth-order valence-corrected chi connectivity index (χ4v) is 2.04. The second kappa shape index (κ2) is 5.15. The van der Waals surface area contributed by atoms with Gasteiger partial charge in [-0.3, -0.25) is 9.69 Å². The van der Waals surface area contributed by atoms with Crippen molar-refractivity contribution in [3.63, 3.8) is 0 Å². The van der Waals surface area contributed by atoms with Crippen molar-refractivity contribution in [2.24, 2.45) is 0 Å². The molecule has 0 saturated heterocycles. The molecule has 0 saturated carbocycles. The molecule has 2 rings (SSSR count). The minimum atomic E-state index is -0.312. The lowest BCUT2D eigenvalue weighted by atomic mass is 10.1. The zero-order chi connectivity index (χ0) is 14.9. The second-order valence-corrected chi connectivity index (χ2v) is 5.92. The first kappa shape index (κ1) is 14.4. The SMILES string of the molecule is CC(=O)c1ccc2c(c1)N(C(=O)NC(C)(C)C)CCO2. The maximum Gasteiger partial charge on any atom is 0.322 e. The highest BCUT2D eigenvalue weighted by molar-refractivity contribution is 5.99. The van der Waals surface area contributed by atoms with Gasteiger partial charge in [0, 0.05) is 11.1 Å². The molecule has 1 aromatic rings. The van der Waals surface area contributed by atoms with E-state index in [4.69, 9.17) is 4.74 Å². The Hall–Kier alpha value is -2.04. The largest absolute Gasteiger partial charge is 0.490 e. The van der Waals surface area contributed by atoms with Crippen molar-refractivity contribution in [2.75, 3.05) is 18.1 Å². The van der Waals surface area contributed by atoms with Gasteiger partial charge in [0.2, 0.25) is 0 Å². The van der Waals surface area contributed by atoms with E-state index >= 15 is 0 Å². The van der Waals surface area contributed by atoms with Gasteiger partial charge in [-0.2, -0.15) is 0 Å². The van der Waals surface area contributed by atoms with Crippen LogP contribution >= 0.6 is 0 Å². The summed E-state index contributed by atoms with van der Waals surface area (Å²) in [6, 6.07) is 4.98. The van der Waals surface area contributed by atoms with Gasteiger partial charge in [0.05, 0.1) is 12.2 Å². The average Bonchev–Trinajstić information content (AvgIpc) is 2.35. The van der Waals surface area contributed by atoms with Crippen LogP contribution in [-0.4, -0.2) is 30.5 Å². The summed E-state index contributed by atoms with van der Waals surface area (Å²) in [4.78, 5) is 25.4. The molecule has 0 unspecified atom stereocenters. The quantitative estimate of drug-likeness (QED) is 0.802. The summed E-state index contributed by atoms with van der Waals surface area (Å²) < 4.78 is 5.54. The van der Waals surface area contributed by atoms with Crippen molar-refractivity contribution in [3.8, 4) is 5.75 Å². The highest BCUT2D eigenvalue weighted by atomic mass is 16.5. The molecule has 1 N–H and O–H groups in total. The van der Waals surface area contributed by atoms with Gasteiger partial charge in [-0.1, -0.05) is 0 Å². The summed E-state index contributed by atoms with van der Waals surface area (Å²) in [6.07, 6.45) is 0. The van der Waals surface area contributed by atoms with E-state index in [9.17, 15) is 9.59 Å². The number of ether oxygens (including phenoxy) is 1. The van der Waals surface area contributed by atoms with Gasteiger partial charge >= 0.3 is 6.03 Å². The molecule has 5 nitrogen and oxygen atoms in total. The van der Waals surface area contributed by atoms with Gasteiger partial charge in [-0.15, -0.1) is 0 Å². The Kier molecular flexibility index (Phi) is 3.70. The third-order valence-corrected chi connectivity index (χ3v) is 2.96. The predicted molar refractivity (Wildman–Crippen MR) is 77.6 cm³/mol. The lowest BCUT2D eigenvalue weighted by Gasteiger charge is -2.32. The average molecular weight is 276 g/mol. The van der Waals surface area contributed by atoms with Crippen LogP contribution in [0.3, 0.4) is 0 Å². The maximum atomic E-state index is 12.3. The number of benzene rings is 1. The van der Waals surface area contributed by atoms with Crippen molar-refractivity contribution in [2.45, 2.75) is 33.2 Å². The summed E-state index contributed by atoms with van der Waals surface area (Å²) in [6.45, 7) is 8.21. The number of amides is 2. The number of carbonyl (C=O) groups excluding carboxylic acids is 2. The molecule has 1 aliphatic rings. The van der Waals surface area contributed by atoms with E-state index in [-0.39, 0.29) is 17.4 Å². The second-order valence-electron chi connectivity index (χ2n) is 5.92. The van der Waals surface area contributed by atoms with Crippen LogP contribution in [-0.2, 0) is 0 Å². The van der Waals surface area contributed by atoms with Gasteiger partial charge in [0.1, 0.15) is 12.4 Å². The van der Waals surface area contributed by atoms with Crippen LogP contribution in [0.5, 0.6) is 5.75 Å². The molecule has 0 bridgehead atoms. The van der Waals surface area contributed by atoms with Crippen molar-refractivity contribution >= 4 is 17.5 Å². The number of ketones is 1. The van der Waals surface area contributed by atoms with Crippen molar-refractivity contribution in [3.05, 3.63) is 23.8 Å². The van der Waals surface area contributed by atoms with Gasteiger partial charge in [-0.05, 0) is 45.9 Å². The van der Waals surface area contributed by atoms with Gasteiger partial charge in [0.15, 0.2) is 5.78 Å². The zero-order valence-electron chi connectivity index (χ0n) is 12.3. The number of anilines is 1. The monoisotopic (exact) mass is 276 g/mol. The number of nitrogens with zero attached hydrogens (tertiary/aromatic N) is 1. The van der Waals surface area contributed by atoms with Gasteiger partial charge in [-0.25, -0.2) is 4.79 Å². The molecule has 0 aromatic heterocycles. The lowest BCUT2D eigenvalue weighted by Crippen LogP contribution is -2.50. The van der Waals surface area contributed by atoms with Gasteiger partial charge < -0.3 is 10.1 Å². The van der Waals surface area contributed by atoms with Crippen LogP contribution in [0.25, 0.3) is 0 Å². The number of carbonyl (C=O) groups is 2. The number of nitrogens with one attached hydrogen (secondary N) is 1. The summed E-state index contributed by atoms with van der Waals surface area (Å²) in [5.41, 5.74) is 0.904. The smallest absolute Gasteiger partial charge is 0.322 e. The molecule has 0 radical (unpaired) electrons. The Labute approximate surface area is 118 Å². The molecule has 0 aliphatic carbocycles. The molecule has 1 aliphatic heterocycles. The minimum absolute atomic E-state index is 0.0328.